The first kappa shape index (κ1) is 13.1. The number of rotatable bonds is 3. The number of hydrogen-bond acceptors (Lipinski definition) is 4. The zero-order valence-corrected chi connectivity index (χ0v) is 10.5. The Hall–Kier alpha value is -1.95. The normalized spacial score (nSPS) is 10.0. The molecule has 2 N–H and O–H groups in total. The van der Waals surface area contributed by atoms with Gasteiger partial charge in [0, 0.05) is 19.7 Å². The average Bonchev–Trinajstić information content (AvgIpc) is 2.34. The second kappa shape index (κ2) is 6.59. The molecule has 0 radical (unpaired) electrons. The first-order valence-electron chi connectivity index (χ1n) is 4.96. The summed E-state index contributed by atoms with van der Waals surface area (Å²) in [5.74, 6) is -0.244. The molecule has 0 saturated carbocycles. The first-order valence-corrected chi connectivity index (χ1v) is 5.37. The highest BCUT2D eigenvalue weighted by atomic mass is 32.1. The predicted octanol–water partition coefficient (Wildman–Crippen LogP) is 0.796. The summed E-state index contributed by atoms with van der Waals surface area (Å²) in [5, 5.41) is 5.53. The summed E-state index contributed by atoms with van der Waals surface area (Å²) in [6, 6.07) is 8.86. The molecule has 1 aromatic rings. The van der Waals surface area contributed by atoms with Gasteiger partial charge in [0.1, 0.15) is 4.99 Å². The van der Waals surface area contributed by atoms with E-state index in [1.165, 1.54) is 6.21 Å². The SMILES string of the molecule is CN(C)/N=C/C(=S)NNC(=O)c1ccccc1. The fraction of sp³-hybridized carbons (Fsp3) is 0.182. The molecule has 0 heterocycles. The lowest BCUT2D eigenvalue weighted by Crippen LogP contribution is -2.41. The molecule has 0 aliphatic rings. The van der Waals surface area contributed by atoms with Crippen LogP contribution in [-0.4, -0.2) is 36.2 Å². The van der Waals surface area contributed by atoms with Gasteiger partial charge in [0.15, 0.2) is 0 Å². The van der Waals surface area contributed by atoms with Crippen molar-refractivity contribution in [2.45, 2.75) is 0 Å². The van der Waals surface area contributed by atoms with Gasteiger partial charge in [0.05, 0.1) is 6.21 Å². The summed E-state index contributed by atoms with van der Waals surface area (Å²) in [5.41, 5.74) is 5.64. The molecule has 1 amide bonds. The molecule has 1 aromatic carbocycles. The van der Waals surface area contributed by atoms with Crippen molar-refractivity contribution < 1.29 is 4.79 Å². The standard InChI is InChI=1S/C11H14N4OS/c1-15(2)12-8-10(17)13-14-11(16)9-6-4-3-5-7-9/h3-8H,1-2H3,(H,13,17)(H,14,16)/b12-8+. The molecule has 17 heavy (non-hydrogen) atoms. The maximum Gasteiger partial charge on any atom is 0.269 e. The van der Waals surface area contributed by atoms with Gasteiger partial charge >= 0.3 is 0 Å². The van der Waals surface area contributed by atoms with Crippen LogP contribution in [0.3, 0.4) is 0 Å². The van der Waals surface area contributed by atoms with Crippen molar-refractivity contribution in [1.82, 2.24) is 15.9 Å². The zero-order valence-electron chi connectivity index (χ0n) is 9.68. The van der Waals surface area contributed by atoms with Crippen LogP contribution in [0, 0.1) is 0 Å². The van der Waals surface area contributed by atoms with Crippen LogP contribution in [0.4, 0.5) is 0 Å². The minimum atomic E-state index is -0.244. The highest BCUT2D eigenvalue weighted by Crippen LogP contribution is 1.96. The molecule has 0 fully saturated rings. The molecular formula is C11H14N4OS. The smallest absolute Gasteiger partial charge is 0.269 e. The molecule has 0 bridgehead atoms. The van der Waals surface area contributed by atoms with Crippen LogP contribution in [0.5, 0.6) is 0 Å². The van der Waals surface area contributed by atoms with Crippen LogP contribution in [-0.2, 0) is 0 Å². The predicted molar refractivity (Wildman–Crippen MR) is 71.8 cm³/mol. The summed E-state index contributed by atoms with van der Waals surface area (Å²) in [7, 11) is 3.56. The van der Waals surface area contributed by atoms with Crippen LogP contribution in [0.25, 0.3) is 0 Å². The molecule has 0 atom stereocenters. The van der Waals surface area contributed by atoms with Crippen molar-refractivity contribution in [3.8, 4) is 0 Å². The third-order valence-corrected chi connectivity index (χ3v) is 1.95. The third kappa shape index (κ3) is 5.07. The summed E-state index contributed by atoms with van der Waals surface area (Å²) < 4.78 is 0. The van der Waals surface area contributed by atoms with E-state index < -0.39 is 0 Å². The van der Waals surface area contributed by atoms with Crippen LogP contribution in [0.1, 0.15) is 10.4 Å². The highest BCUT2D eigenvalue weighted by Gasteiger charge is 2.03. The number of nitrogens with zero attached hydrogens (tertiary/aromatic N) is 2. The molecule has 0 aromatic heterocycles. The molecule has 5 nitrogen and oxygen atoms in total. The second-order valence-electron chi connectivity index (χ2n) is 3.40. The van der Waals surface area contributed by atoms with Crippen LogP contribution in [0.15, 0.2) is 35.4 Å². The summed E-state index contributed by atoms with van der Waals surface area (Å²) in [6.07, 6.45) is 1.45. The van der Waals surface area contributed by atoms with Crippen molar-refractivity contribution in [2.24, 2.45) is 5.10 Å². The van der Waals surface area contributed by atoms with E-state index in [-0.39, 0.29) is 5.91 Å². The van der Waals surface area contributed by atoms with E-state index >= 15 is 0 Å². The van der Waals surface area contributed by atoms with Gasteiger partial charge in [0.25, 0.3) is 5.91 Å². The van der Waals surface area contributed by atoms with E-state index in [1.54, 1.807) is 43.4 Å². The van der Waals surface area contributed by atoms with E-state index in [1.807, 2.05) is 6.07 Å². The number of benzene rings is 1. The number of thiocarbonyl (C=S) groups is 1. The quantitative estimate of drug-likeness (QED) is 0.473. The van der Waals surface area contributed by atoms with Gasteiger partial charge in [-0.3, -0.25) is 15.6 Å². The lowest BCUT2D eigenvalue weighted by atomic mass is 10.2. The van der Waals surface area contributed by atoms with Gasteiger partial charge in [-0.15, -0.1) is 0 Å². The van der Waals surface area contributed by atoms with Gasteiger partial charge in [-0.2, -0.15) is 5.10 Å². The topological polar surface area (TPSA) is 56.7 Å². The Kier molecular flexibility index (Phi) is 5.09. The maximum atomic E-state index is 11.6. The highest BCUT2D eigenvalue weighted by molar-refractivity contribution is 7.81. The molecule has 90 valence electrons. The van der Waals surface area contributed by atoms with E-state index in [9.17, 15) is 4.79 Å². The lowest BCUT2D eigenvalue weighted by Gasteiger charge is -2.07. The zero-order chi connectivity index (χ0) is 12.7. The fourth-order valence-electron chi connectivity index (χ4n) is 0.980. The Morgan fingerprint density at radius 2 is 1.94 bits per heavy atom. The molecule has 0 aliphatic heterocycles. The number of nitrogens with one attached hydrogen (secondary N) is 2. The monoisotopic (exact) mass is 250 g/mol. The van der Waals surface area contributed by atoms with E-state index in [4.69, 9.17) is 12.2 Å². The number of carbonyl (C=O) groups excluding carboxylic acids is 1. The van der Waals surface area contributed by atoms with Gasteiger partial charge in [-0.1, -0.05) is 30.4 Å². The second-order valence-corrected chi connectivity index (χ2v) is 3.84. The van der Waals surface area contributed by atoms with Crippen molar-refractivity contribution in [1.29, 1.82) is 0 Å². The Morgan fingerprint density at radius 3 is 2.53 bits per heavy atom. The Labute approximate surface area is 105 Å². The third-order valence-electron chi connectivity index (χ3n) is 1.74. The summed E-state index contributed by atoms with van der Waals surface area (Å²) in [6.45, 7) is 0. The van der Waals surface area contributed by atoms with Crippen molar-refractivity contribution in [3.05, 3.63) is 35.9 Å². The Morgan fingerprint density at radius 1 is 1.29 bits per heavy atom. The van der Waals surface area contributed by atoms with E-state index in [0.717, 1.165) is 0 Å². The molecule has 0 aliphatic carbocycles. The maximum absolute atomic E-state index is 11.6. The van der Waals surface area contributed by atoms with Crippen LogP contribution < -0.4 is 10.9 Å². The number of hydrazone groups is 1. The van der Waals surface area contributed by atoms with Gasteiger partial charge in [-0.25, -0.2) is 0 Å². The van der Waals surface area contributed by atoms with Crippen molar-refractivity contribution in [2.75, 3.05) is 14.1 Å². The Bertz CT molecular complexity index is 417. The van der Waals surface area contributed by atoms with Gasteiger partial charge < -0.3 is 5.01 Å². The number of hydrogen-bond donors (Lipinski definition) is 2. The van der Waals surface area contributed by atoms with E-state index in [0.29, 0.717) is 10.6 Å². The molecule has 6 heteroatoms. The fourth-order valence-corrected chi connectivity index (χ4v) is 1.08. The van der Waals surface area contributed by atoms with Crippen molar-refractivity contribution in [3.63, 3.8) is 0 Å². The van der Waals surface area contributed by atoms with Gasteiger partial charge in [0.2, 0.25) is 0 Å². The number of amides is 1. The average molecular weight is 250 g/mol. The van der Waals surface area contributed by atoms with Crippen LogP contribution >= 0.6 is 12.2 Å². The minimum Gasteiger partial charge on any atom is -0.303 e. The lowest BCUT2D eigenvalue weighted by molar-refractivity contribution is 0.0944. The summed E-state index contributed by atoms with van der Waals surface area (Å²) in [4.78, 5) is 11.9. The van der Waals surface area contributed by atoms with E-state index in [2.05, 4.69) is 16.0 Å². The molecule has 0 unspecified atom stereocenters. The Balaban J connectivity index is 2.42. The summed E-state index contributed by atoms with van der Waals surface area (Å²) >= 11 is 4.94. The largest absolute Gasteiger partial charge is 0.303 e. The van der Waals surface area contributed by atoms with Crippen LogP contribution in [0.2, 0.25) is 0 Å². The van der Waals surface area contributed by atoms with Gasteiger partial charge in [-0.05, 0) is 12.1 Å². The molecular weight excluding hydrogens is 236 g/mol. The molecule has 0 spiro atoms. The minimum absolute atomic E-state index is 0.244. The van der Waals surface area contributed by atoms with Crippen molar-refractivity contribution >= 4 is 29.3 Å². The number of carbonyl (C=O) groups is 1. The molecule has 1 rings (SSSR count). The number of hydrazine groups is 1. The first-order chi connectivity index (χ1) is 8.09. The molecule has 0 saturated heterocycles.